The third kappa shape index (κ3) is 3.40. The Hall–Kier alpha value is -3.71. The molecule has 0 saturated carbocycles. The third-order valence-electron chi connectivity index (χ3n) is 4.77. The van der Waals surface area contributed by atoms with E-state index in [2.05, 4.69) is 10.3 Å². The number of thiophene rings is 1. The highest BCUT2D eigenvalue weighted by molar-refractivity contribution is 7.17. The molecule has 3 aromatic heterocycles. The van der Waals surface area contributed by atoms with Gasteiger partial charge in [-0.1, -0.05) is 18.2 Å². The summed E-state index contributed by atoms with van der Waals surface area (Å²) >= 11 is 1.62. The number of hydrogen-bond acceptors (Lipinski definition) is 6. The first-order valence-corrected chi connectivity index (χ1v) is 10.4. The Balaban J connectivity index is 1.59. The molecule has 5 rings (SSSR count). The molecule has 0 atom stereocenters. The van der Waals surface area contributed by atoms with Crippen LogP contribution in [0, 0.1) is 6.92 Å². The van der Waals surface area contributed by atoms with Crippen molar-refractivity contribution in [1.29, 1.82) is 0 Å². The van der Waals surface area contributed by atoms with Gasteiger partial charge < -0.3 is 14.6 Å². The van der Waals surface area contributed by atoms with E-state index in [-0.39, 0.29) is 0 Å². The SMILES string of the molecule is COc1cc(-c2nc(Nc3ccccc3)c3sccc3n2)ccc1-n1cnc(C)c1. The van der Waals surface area contributed by atoms with Crippen molar-refractivity contribution in [2.24, 2.45) is 0 Å². The molecule has 6 nitrogen and oxygen atoms in total. The summed E-state index contributed by atoms with van der Waals surface area (Å²) < 4.78 is 8.63. The van der Waals surface area contributed by atoms with Gasteiger partial charge in [-0.2, -0.15) is 0 Å². The van der Waals surface area contributed by atoms with Crippen LogP contribution in [0.15, 0.2) is 72.5 Å². The van der Waals surface area contributed by atoms with E-state index >= 15 is 0 Å². The molecule has 2 aromatic carbocycles. The van der Waals surface area contributed by atoms with Gasteiger partial charge in [-0.05, 0) is 48.7 Å². The number of nitrogens with one attached hydrogen (secondary N) is 1. The van der Waals surface area contributed by atoms with Gasteiger partial charge in [0.25, 0.3) is 0 Å². The molecule has 0 saturated heterocycles. The lowest BCUT2D eigenvalue weighted by Crippen LogP contribution is -1.99. The molecule has 0 aliphatic carbocycles. The molecule has 0 unspecified atom stereocenters. The molecule has 0 aliphatic heterocycles. The topological polar surface area (TPSA) is 64.9 Å². The first-order valence-electron chi connectivity index (χ1n) is 9.48. The van der Waals surface area contributed by atoms with Crippen molar-refractivity contribution in [3.8, 4) is 22.8 Å². The standard InChI is InChI=1S/C23H19N5OS/c1-15-13-28(14-24-15)19-9-8-16(12-20(19)29-2)22-26-18-10-11-30-21(18)23(27-22)25-17-6-4-3-5-7-17/h3-14H,1-2H3,(H,25,26,27). The maximum absolute atomic E-state index is 5.65. The zero-order valence-electron chi connectivity index (χ0n) is 16.5. The van der Waals surface area contributed by atoms with E-state index in [0.717, 1.165) is 44.4 Å². The van der Waals surface area contributed by atoms with Gasteiger partial charge in [-0.15, -0.1) is 11.3 Å². The van der Waals surface area contributed by atoms with E-state index in [1.807, 2.05) is 77.7 Å². The van der Waals surface area contributed by atoms with Crippen LogP contribution >= 0.6 is 11.3 Å². The second-order valence-corrected chi connectivity index (χ2v) is 7.75. The van der Waals surface area contributed by atoms with Crippen LogP contribution in [0.1, 0.15) is 5.69 Å². The molecule has 3 heterocycles. The molecule has 30 heavy (non-hydrogen) atoms. The second-order valence-electron chi connectivity index (χ2n) is 6.83. The van der Waals surface area contributed by atoms with E-state index in [1.54, 1.807) is 24.8 Å². The summed E-state index contributed by atoms with van der Waals surface area (Å²) in [6, 6.07) is 18.0. The molecule has 0 amide bonds. The van der Waals surface area contributed by atoms with Crippen molar-refractivity contribution in [2.45, 2.75) is 6.92 Å². The van der Waals surface area contributed by atoms with Gasteiger partial charge in [0.15, 0.2) is 11.6 Å². The maximum Gasteiger partial charge on any atom is 0.162 e. The summed E-state index contributed by atoms with van der Waals surface area (Å²) in [7, 11) is 1.66. The van der Waals surface area contributed by atoms with Crippen molar-refractivity contribution in [3.63, 3.8) is 0 Å². The Bertz CT molecular complexity index is 1330. The quantitative estimate of drug-likeness (QED) is 0.406. The van der Waals surface area contributed by atoms with Crippen LogP contribution in [-0.4, -0.2) is 26.6 Å². The van der Waals surface area contributed by atoms with Gasteiger partial charge in [-0.25, -0.2) is 15.0 Å². The fourth-order valence-corrected chi connectivity index (χ4v) is 4.09. The van der Waals surface area contributed by atoms with Crippen molar-refractivity contribution in [3.05, 3.63) is 78.2 Å². The second kappa shape index (κ2) is 7.61. The fourth-order valence-electron chi connectivity index (χ4n) is 3.32. The van der Waals surface area contributed by atoms with Gasteiger partial charge >= 0.3 is 0 Å². The van der Waals surface area contributed by atoms with Gasteiger partial charge in [0.1, 0.15) is 5.75 Å². The monoisotopic (exact) mass is 413 g/mol. The van der Waals surface area contributed by atoms with Crippen LogP contribution in [-0.2, 0) is 0 Å². The van der Waals surface area contributed by atoms with Crippen molar-refractivity contribution < 1.29 is 4.74 Å². The highest BCUT2D eigenvalue weighted by atomic mass is 32.1. The summed E-state index contributed by atoms with van der Waals surface area (Å²) in [6.45, 7) is 1.96. The van der Waals surface area contributed by atoms with Gasteiger partial charge in [0.2, 0.25) is 0 Å². The van der Waals surface area contributed by atoms with Crippen LogP contribution in [0.4, 0.5) is 11.5 Å². The number of para-hydroxylation sites is 1. The summed E-state index contributed by atoms with van der Waals surface area (Å²) in [4.78, 5) is 13.9. The predicted molar refractivity (Wildman–Crippen MR) is 121 cm³/mol. The lowest BCUT2D eigenvalue weighted by Gasteiger charge is -2.12. The van der Waals surface area contributed by atoms with E-state index in [0.29, 0.717) is 5.82 Å². The van der Waals surface area contributed by atoms with Crippen LogP contribution in [0.2, 0.25) is 0 Å². The van der Waals surface area contributed by atoms with Crippen LogP contribution < -0.4 is 10.1 Å². The molecule has 1 N–H and O–H groups in total. The number of methoxy groups -OCH3 is 1. The molecular formula is C23H19N5OS. The third-order valence-corrected chi connectivity index (χ3v) is 5.68. The van der Waals surface area contributed by atoms with E-state index < -0.39 is 0 Å². The minimum Gasteiger partial charge on any atom is -0.495 e. The van der Waals surface area contributed by atoms with Crippen LogP contribution in [0.25, 0.3) is 27.3 Å². The van der Waals surface area contributed by atoms with Crippen molar-refractivity contribution in [1.82, 2.24) is 19.5 Å². The molecule has 148 valence electrons. The minimum absolute atomic E-state index is 0.644. The lowest BCUT2D eigenvalue weighted by atomic mass is 10.1. The zero-order valence-corrected chi connectivity index (χ0v) is 17.4. The Morgan fingerprint density at radius 1 is 1.03 bits per heavy atom. The van der Waals surface area contributed by atoms with Crippen molar-refractivity contribution in [2.75, 3.05) is 12.4 Å². The highest BCUT2D eigenvalue weighted by Crippen LogP contribution is 2.33. The number of aromatic nitrogens is 4. The number of aryl methyl sites for hydroxylation is 1. The Labute approximate surface area is 177 Å². The Kier molecular flexibility index (Phi) is 4.65. The van der Waals surface area contributed by atoms with Gasteiger partial charge in [0.05, 0.1) is 35.0 Å². The lowest BCUT2D eigenvalue weighted by molar-refractivity contribution is 0.413. The smallest absolute Gasteiger partial charge is 0.162 e. The van der Waals surface area contributed by atoms with Crippen LogP contribution in [0.5, 0.6) is 5.75 Å². The van der Waals surface area contributed by atoms with E-state index in [4.69, 9.17) is 14.7 Å². The first kappa shape index (κ1) is 18.3. The molecular weight excluding hydrogens is 394 g/mol. The molecule has 0 bridgehead atoms. The highest BCUT2D eigenvalue weighted by Gasteiger charge is 2.14. The van der Waals surface area contributed by atoms with Gasteiger partial charge in [-0.3, -0.25) is 0 Å². The number of anilines is 2. The molecule has 5 aromatic rings. The van der Waals surface area contributed by atoms with E-state index in [1.165, 1.54) is 0 Å². The average Bonchev–Trinajstić information content (AvgIpc) is 3.43. The summed E-state index contributed by atoms with van der Waals surface area (Å²) in [5.41, 5.74) is 4.65. The number of ether oxygens (including phenoxy) is 1. The fraction of sp³-hybridized carbons (Fsp3) is 0.0870. The summed E-state index contributed by atoms with van der Waals surface area (Å²) in [6.07, 6.45) is 3.75. The first-order chi connectivity index (χ1) is 14.7. The normalized spacial score (nSPS) is 11.0. The maximum atomic E-state index is 5.65. The number of hydrogen-bond donors (Lipinski definition) is 1. The van der Waals surface area contributed by atoms with Crippen LogP contribution in [0.3, 0.4) is 0 Å². The molecule has 0 spiro atoms. The number of benzene rings is 2. The summed E-state index contributed by atoms with van der Waals surface area (Å²) in [5.74, 6) is 2.17. The predicted octanol–water partition coefficient (Wildman–Crippen LogP) is 5.60. The average molecular weight is 414 g/mol. The number of imidazole rings is 1. The summed E-state index contributed by atoms with van der Waals surface area (Å²) in [5, 5.41) is 5.46. The molecule has 0 radical (unpaired) electrons. The molecule has 0 aliphatic rings. The Morgan fingerprint density at radius 2 is 1.90 bits per heavy atom. The molecule has 0 fully saturated rings. The largest absolute Gasteiger partial charge is 0.495 e. The zero-order chi connectivity index (χ0) is 20.5. The number of fused-ring (bicyclic) bond motifs is 1. The Morgan fingerprint density at radius 3 is 2.67 bits per heavy atom. The number of rotatable bonds is 5. The van der Waals surface area contributed by atoms with E-state index in [9.17, 15) is 0 Å². The minimum atomic E-state index is 0.644. The van der Waals surface area contributed by atoms with Gasteiger partial charge in [0, 0.05) is 17.4 Å². The van der Waals surface area contributed by atoms with Crippen molar-refractivity contribution >= 4 is 33.1 Å². The number of nitrogens with zero attached hydrogens (tertiary/aromatic N) is 4. The molecule has 7 heteroatoms.